The fraction of sp³-hybridized carbons (Fsp3) is 0.600. The third kappa shape index (κ3) is 3.21. The lowest BCUT2D eigenvalue weighted by atomic mass is 10.2. The predicted octanol–water partition coefficient (Wildman–Crippen LogP) is 2.39. The van der Waals surface area contributed by atoms with Gasteiger partial charge < -0.3 is 5.73 Å². The Bertz CT molecular complexity index is 395. The standard InChI is InChI=1S/C10H16N6S2/c1-2-3-4-5-8(11)16(9-14-12-6-17-9)10-15-13-7-18-10/h6-8H,2-5,11H2,1H3. The van der Waals surface area contributed by atoms with Crippen molar-refractivity contribution >= 4 is 32.9 Å². The molecule has 0 bridgehead atoms. The van der Waals surface area contributed by atoms with Crippen LogP contribution in [0.1, 0.15) is 32.6 Å². The number of nitrogens with zero attached hydrogens (tertiary/aromatic N) is 5. The van der Waals surface area contributed by atoms with Crippen LogP contribution in [0.2, 0.25) is 0 Å². The van der Waals surface area contributed by atoms with E-state index in [-0.39, 0.29) is 6.17 Å². The lowest BCUT2D eigenvalue weighted by molar-refractivity contribution is 0.562. The predicted molar refractivity (Wildman–Crippen MR) is 74.1 cm³/mol. The maximum absolute atomic E-state index is 6.24. The molecule has 0 saturated heterocycles. The van der Waals surface area contributed by atoms with Gasteiger partial charge in [-0.3, -0.25) is 4.90 Å². The van der Waals surface area contributed by atoms with Crippen LogP contribution in [0, 0.1) is 0 Å². The van der Waals surface area contributed by atoms with Gasteiger partial charge in [-0.05, 0) is 6.42 Å². The molecule has 6 nitrogen and oxygen atoms in total. The van der Waals surface area contributed by atoms with Crippen molar-refractivity contribution in [3.63, 3.8) is 0 Å². The number of nitrogens with two attached hydrogens (primary N) is 1. The molecule has 98 valence electrons. The Morgan fingerprint density at radius 1 is 1.17 bits per heavy atom. The number of anilines is 2. The maximum Gasteiger partial charge on any atom is 0.215 e. The monoisotopic (exact) mass is 284 g/mol. The first-order valence-corrected chi connectivity index (χ1v) is 7.66. The smallest absolute Gasteiger partial charge is 0.215 e. The van der Waals surface area contributed by atoms with Gasteiger partial charge in [0.15, 0.2) is 0 Å². The number of hydrogen-bond acceptors (Lipinski definition) is 8. The molecule has 0 aliphatic heterocycles. The van der Waals surface area contributed by atoms with E-state index in [9.17, 15) is 0 Å². The van der Waals surface area contributed by atoms with E-state index in [2.05, 4.69) is 27.3 Å². The summed E-state index contributed by atoms with van der Waals surface area (Å²) in [4.78, 5) is 1.92. The van der Waals surface area contributed by atoms with Crippen LogP contribution in [0.25, 0.3) is 0 Å². The minimum Gasteiger partial charge on any atom is -0.311 e. The van der Waals surface area contributed by atoms with Crippen molar-refractivity contribution in [1.82, 2.24) is 20.4 Å². The first-order chi connectivity index (χ1) is 8.83. The van der Waals surface area contributed by atoms with Crippen molar-refractivity contribution < 1.29 is 0 Å². The zero-order valence-corrected chi connectivity index (χ0v) is 11.8. The first kappa shape index (κ1) is 13.3. The van der Waals surface area contributed by atoms with Gasteiger partial charge in [0.05, 0.1) is 6.17 Å². The molecule has 0 aliphatic rings. The van der Waals surface area contributed by atoms with Gasteiger partial charge in [-0.15, -0.1) is 20.4 Å². The van der Waals surface area contributed by atoms with Crippen molar-refractivity contribution in [2.45, 2.75) is 38.8 Å². The van der Waals surface area contributed by atoms with Gasteiger partial charge in [-0.25, -0.2) is 0 Å². The molecule has 0 radical (unpaired) electrons. The number of aromatic nitrogens is 4. The number of rotatable bonds is 7. The van der Waals surface area contributed by atoms with E-state index < -0.39 is 0 Å². The molecule has 0 aromatic carbocycles. The van der Waals surface area contributed by atoms with Crippen LogP contribution in [0.4, 0.5) is 10.3 Å². The molecule has 2 aromatic heterocycles. The largest absolute Gasteiger partial charge is 0.311 e. The molecule has 1 unspecified atom stereocenters. The summed E-state index contributed by atoms with van der Waals surface area (Å²) in [5.41, 5.74) is 9.64. The fourth-order valence-electron chi connectivity index (χ4n) is 1.64. The number of unbranched alkanes of at least 4 members (excludes halogenated alkanes) is 2. The molecule has 0 saturated carbocycles. The Hall–Kier alpha value is -1.12. The molecule has 0 spiro atoms. The lowest BCUT2D eigenvalue weighted by Gasteiger charge is -2.25. The summed E-state index contributed by atoms with van der Waals surface area (Å²) in [7, 11) is 0. The Labute approximate surface area is 114 Å². The van der Waals surface area contributed by atoms with E-state index in [0.717, 1.165) is 23.1 Å². The maximum atomic E-state index is 6.24. The minimum absolute atomic E-state index is 0.127. The number of hydrogen-bond donors (Lipinski definition) is 1. The highest BCUT2D eigenvalue weighted by atomic mass is 32.1. The van der Waals surface area contributed by atoms with Crippen molar-refractivity contribution in [3.05, 3.63) is 11.0 Å². The van der Waals surface area contributed by atoms with Crippen LogP contribution in [-0.4, -0.2) is 26.6 Å². The molecule has 1 atom stereocenters. The second kappa shape index (κ2) is 6.72. The highest BCUT2D eigenvalue weighted by Crippen LogP contribution is 2.29. The van der Waals surface area contributed by atoms with Crippen molar-refractivity contribution in [3.8, 4) is 0 Å². The van der Waals surface area contributed by atoms with E-state index in [4.69, 9.17) is 5.73 Å². The highest BCUT2D eigenvalue weighted by Gasteiger charge is 2.22. The molecule has 2 rings (SSSR count). The molecule has 2 heterocycles. The average Bonchev–Trinajstić information content (AvgIpc) is 3.03. The highest BCUT2D eigenvalue weighted by molar-refractivity contribution is 7.15. The third-order valence-corrected chi connectivity index (χ3v) is 3.92. The van der Waals surface area contributed by atoms with E-state index in [0.29, 0.717) is 0 Å². The summed E-state index contributed by atoms with van der Waals surface area (Å²) in [5, 5.41) is 17.4. The zero-order chi connectivity index (χ0) is 12.8. The van der Waals surface area contributed by atoms with Crippen LogP contribution in [-0.2, 0) is 0 Å². The Morgan fingerprint density at radius 2 is 1.78 bits per heavy atom. The Balaban J connectivity index is 2.10. The molecule has 8 heteroatoms. The quantitative estimate of drug-likeness (QED) is 0.621. The van der Waals surface area contributed by atoms with Gasteiger partial charge in [0.25, 0.3) is 0 Å². The minimum atomic E-state index is -0.127. The summed E-state index contributed by atoms with van der Waals surface area (Å²) >= 11 is 2.92. The fourth-order valence-corrected chi connectivity index (χ4v) is 2.94. The summed E-state index contributed by atoms with van der Waals surface area (Å²) < 4.78 is 0. The molecule has 2 aromatic rings. The van der Waals surface area contributed by atoms with Crippen LogP contribution in [0.5, 0.6) is 0 Å². The second-order valence-corrected chi connectivity index (χ2v) is 5.50. The van der Waals surface area contributed by atoms with Crippen molar-refractivity contribution in [2.24, 2.45) is 5.73 Å². The summed E-state index contributed by atoms with van der Waals surface area (Å²) in [6, 6.07) is 0. The summed E-state index contributed by atoms with van der Waals surface area (Å²) in [5.74, 6) is 0. The molecule has 18 heavy (non-hydrogen) atoms. The third-order valence-electron chi connectivity index (χ3n) is 2.54. The van der Waals surface area contributed by atoms with Gasteiger partial charge in [0.1, 0.15) is 11.0 Å². The van der Waals surface area contributed by atoms with E-state index in [1.54, 1.807) is 11.0 Å². The molecule has 0 fully saturated rings. The molecular weight excluding hydrogens is 268 g/mol. The van der Waals surface area contributed by atoms with Crippen molar-refractivity contribution in [1.29, 1.82) is 0 Å². The first-order valence-electron chi connectivity index (χ1n) is 5.90. The molecule has 2 N–H and O–H groups in total. The topological polar surface area (TPSA) is 80.8 Å². The molecule has 0 amide bonds. The lowest BCUT2D eigenvalue weighted by Crippen LogP contribution is -2.38. The van der Waals surface area contributed by atoms with Gasteiger partial charge in [0.2, 0.25) is 10.3 Å². The molecule has 0 aliphatic carbocycles. The van der Waals surface area contributed by atoms with Gasteiger partial charge in [-0.2, -0.15) is 0 Å². The summed E-state index contributed by atoms with van der Waals surface area (Å²) in [6.45, 7) is 2.18. The summed E-state index contributed by atoms with van der Waals surface area (Å²) in [6.07, 6.45) is 4.26. The van der Waals surface area contributed by atoms with Gasteiger partial charge >= 0.3 is 0 Å². The molecular formula is C10H16N6S2. The van der Waals surface area contributed by atoms with Crippen molar-refractivity contribution in [2.75, 3.05) is 4.90 Å². The average molecular weight is 284 g/mol. The van der Waals surface area contributed by atoms with Crippen LogP contribution in [0.3, 0.4) is 0 Å². The van der Waals surface area contributed by atoms with E-state index >= 15 is 0 Å². The normalized spacial score (nSPS) is 12.6. The SMILES string of the molecule is CCCCCC(N)N(c1nncs1)c1nncs1. The van der Waals surface area contributed by atoms with Crippen LogP contribution in [0.15, 0.2) is 11.0 Å². The van der Waals surface area contributed by atoms with Gasteiger partial charge in [0, 0.05) is 0 Å². The second-order valence-electron chi connectivity index (χ2n) is 3.88. The zero-order valence-electron chi connectivity index (χ0n) is 10.2. The van der Waals surface area contributed by atoms with Crippen LogP contribution < -0.4 is 10.6 Å². The Kier molecular flexibility index (Phi) is 4.97. The van der Waals surface area contributed by atoms with Gasteiger partial charge in [-0.1, -0.05) is 48.9 Å². The Morgan fingerprint density at radius 3 is 2.22 bits per heavy atom. The van der Waals surface area contributed by atoms with Crippen LogP contribution >= 0.6 is 22.7 Å². The van der Waals surface area contributed by atoms with E-state index in [1.807, 2.05) is 4.90 Å². The van der Waals surface area contributed by atoms with E-state index in [1.165, 1.54) is 35.5 Å².